The summed E-state index contributed by atoms with van der Waals surface area (Å²) in [4.78, 5) is 2.83. The number of thioether (sulfide) groups is 1. The number of hydrogen-bond donors (Lipinski definition) is 2. The lowest BCUT2D eigenvalue weighted by molar-refractivity contribution is 0.0474. The lowest BCUT2D eigenvalue weighted by Crippen LogP contribution is -2.49. The molecule has 1 aliphatic heterocycles. The van der Waals surface area contributed by atoms with Crippen LogP contribution in [0.5, 0.6) is 0 Å². The Morgan fingerprint density at radius 2 is 2.35 bits per heavy atom. The molecule has 1 aromatic heterocycles. The first-order valence-electron chi connectivity index (χ1n) is 6.06. The molecular formula is C12H20N2OS2. The maximum Gasteiger partial charge on any atom is 0.0835 e. The summed E-state index contributed by atoms with van der Waals surface area (Å²) in [7, 11) is 0. The van der Waals surface area contributed by atoms with E-state index in [9.17, 15) is 0 Å². The number of hydrogen-bond acceptors (Lipinski definition) is 5. The van der Waals surface area contributed by atoms with Crippen molar-refractivity contribution in [2.45, 2.75) is 31.9 Å². The number of nitrogens with one attached hydrogen (secondary N) is 1. The van der Waals surface area contributed by atoms with Crippen LogP contribution in [0.25, 0.3) is 0 Å². The van der Waals surface area contributed by atoms with Crippen LogP contribution in [-0.2, 0) is 17.6 Å². The van der Waals surface area contributed by atoms with Crippen LogP contribution in [0.3, 0.4) is 0 Å². The largest absolute Gasteiger partial charge is 0.375 e. The fourth-order valence-electron chi connectivity index (χ4n) is 1.97. The summed E-state index contributed by atoms with van der Waals surface area (Å²) < 4.78 is 5.78. The Morgan fingerprint density at radius 1 is 1.53 bits per heavy atom. The average Bonchev–Trinajstić information content (AvgIpc) is 2.84. The van der Waals surface area contributed by atoms with Crippen molar-refractivity contribution >= 4 is 23.1 Å². The van der Waals surface area contributed by atoms with Crippen molar-refractivity contribution in [3.8, 4) is 0 Å². The van der Waals surface area contributed by atoms with E-state index in [0.29, 0.717) is 0 Å². The van der Waals surface area contributed by atoms with Crippen LogP contribution >= 0.6 is 23.1 Å². The van der Waals surface area contributed by atoms with E-state index in [1.54, 1.807) is 0 Å². The highest BCUT2D eigenvalue weighted by molar-refractivity contribution is 7.99. The number of aryl methyl sites for hydroxylation is 1. The molecule has 0 aromatic carbocycles. The fourth-order valence-corrected chi connectivity index (χ4v) is 3.93. The van der Waals surface area contributed by atoms with Gasteiger partial charge in [0.2, 0.25) is 0 Å². The predicted molar refractivity (Wildman–Crippen MR) is 75.6 cm³/mol. The Labute approximate surface area is 111 Å². The van der Waals surface area contributed by atoms with Crippen molar-refractivity contribution in [3.63, 3.8) is 0 Å². The van der Waals surface area contributed by atoms with Crippen LogP contribution < -0.4 is 11.3 Å². The average molecular weight is 272 g/mol. The van der Waals surface area contributed by atoms with Crippen LogP contribution in [0, 0.1) is 0 Å². The van der Waals surface area contributed by atoms with Gasteiger partial charge >= 0.3 is 0 Å². The van der Waals surface area contributed by atoms with Crippen molar-refractivity contribution in [1.82, 2.24) is 5.43 Å². The zero-order valence-electron chi connectivity index (χ0n) is 10.1. The van der Waals surface area contributed by atoms with Gasteiger partial charge in [-0.2, -0.15) is 11.8 Å². The molecule has 0 saturated carbocycles. The minimum atomic E-state index is 0.228. The maximum absolute atomic E-state index is 5.78. The minimum absolute atomic E-state index is 0.228. The zero-order chi connectivity index (χ0) is 12.1. The Morgan fingerprint density at radius 3 is 2.94 bits per heavy atom. The van der Waals surface area contributed by atoms with Gasteiger partial charge in [-0.25, -0.2) is 0 Å². The standard InChI is InChI=1S/C12H20N2OS2/c1-2-9-3-4-10(17-9)7-11(14-13)12-8-16-6-5-15-12/h3-4,11-12,14H,2,5-8,13H2,1H3. The number of ether oxygens (including phenoxy) is 1. The van der Waals surface area contributed by atoms with E-state index in [-0.39, 0.29) is 12.1 Å². The van der Waals surface area contributed by atoms with Gasteiger partial charge in [0.1, 0.15) is 0 Å². The van der Waals surface area contributed by atoms with Crippen molar-refractivity contribution in [1.29, 1.82) is 0 Å². The van der Waals surface area contributed by atoms with Crippen LogP contribution in [0.4, 0.5) is 0 Å². The SMILES string of the molecule is CCc1ccc(CC(NN)C2CSCCO2)s1. The molecule has 2 unspecified atom stereocenters. The first-order valence-corrected chi connectivity index (χ1v) is 8.03. The number of thiophene rings is 1. The molecule has 0 amide bonds. The molecule has 1 aliphatic rings. The second-order valence-electron chi connectivity index (χ2n) is 4.18. The topological polar surface area (TPSA) is 47.3 Å². The lowest BCUT2D eigenvalue weighted by Gasteiger charge is -2.29. The van der Waals surface area contributed by atoms with Crippen LogP contribution in [0.1, 0.15) is 16.7 Å². The molecule has 1 fully saturated rings. The molecular weight excluding hydrogens is 252 g/mol. The van der Waals surface area contributed by atoms with Crippen LogP contribution in [0.2, 0.25) is 0 Å². The molecule has 1 saturated heterocycles. The van der Waals surface area contributed by atoms with E-state index >= 15 is 0 Å². The fraction of sp³-hybridized carbons (Fsp3) is 0.667. The molecule has 0 bridgehead atoms. The summed E-state index contributed by atoms with van der Waals surface area (Å²) in [5.41, 5.74) is 2.92. The number of rotatable bonds is 5. The highest BCUT2D eigenvalue weighted by atomic mass is 32.2. The molecule has 96 valence electrons. The van der Waals surface area contributed by atoms with Crippen molar-refractivity contribution < 1.29 is 4.74 Å². The van der Waals surface area contributed by atoms with E-state index in [1.807, 2.05) is 23.1 Å². The molecule has 17 heavy (non-hydrogen) atoms. The van der Waals surface area contributed by atoms with Crippen LogP contribution in [-0.4, -0.2) is 30.3 Å². The second-order valence-corrected chi connectivity index (χ2v) is 6.59. The monoisotopic (exact) mass is 272 g/mol. The highest BCUT2D eigenvalue weighted by Gasteiger charge is 2.24. The summed E-state index contributed by atoms with van der Waals surface area (Å²) in [5, 5.41) is 0. The molecule has 2 atom stereocenters. The Bertz CT molecular complexity index is 337. The van der Waals surface area contributed by atoms with Gasteiger partial charge < -0.3 is 4.74 Å². The Balaban J connectivity index is 1.93. The molecule has 1 aromatic rings. The molecule has 0 spiro atoms. The normalized spacial score (nSPS) is 22.6. The predicted octanol–water partition coefficient (Wildman–Crippen LogP) is 1.82. The number of hydrazine groups is 1. The molecule has 0 radical (unpaired) electrons. The maximum atomic E-state index is 5.78. The van der Waals surface area contributed by atoms with Gasteiger partial charge in [-0.05, 0) is 18.6 Å². The van der Waals surface area contributed by atoms with Gasteiger partial charge in [-0.3, -0.25) is 11.3 Å². The summed E-state index contributed by atoms with van der Waals surface area (Å²) in [6.07, 6.45) is 2.32. The first kappa shape index (κ1) is 13.4. The second kappa shape index (κ2) is 6.75. The summed E-state index contributed by atoms with van der Waals surface area (Å²) >= 11 is 3.83. The Kier molecular flexibility index (Phi) is 5.31. The molecule has 3 nitrogen and oxygen atoms in total. The van der Waals surface area contributed by atoms with Gasteiger partial charge in [0.25, 0.3) is 0 Å². The number of nitrogens with two attached hydrogens (primary N) is 1. The quantitative estimate of drug-likeness (QED) is 0.634. The molecule has 5 heteroatoms. The van der Waals surface area contributed by atoms with Crippen molar-refractivity contribution in [2.24, 2.45) is 5.84 Å². The van der Waals surface area contributed by atoms with Gasteiger partial charge in [-0.1, -0.05) is 6.92 Å². The summed E-state index contributed by atoms with van der Waals surface area (Å²) in [5.74, 6) is 7.80. The van der Waals surface area contributed by atoms with Crippen molar-refractivity contribution in [2.75, 3.05) is 18.1 Å². The Hall–Kier alpha value is -0.0700. The van der Waals surface area contributed by atoms with Crippen molar-refractivity contribution in [3.05, 3.63) is 21.9 Å². The van der Waals surface area contributed by atoms with Gasteiger partial charge in [-0.15, -0.1) is 11.3 Å². The highest BCUT2D eigenvalue weighted by Crippen LogP contribution is 2.22. The third kappa shape index (κ3) is 3.69. The molecule has 2 heterocycles. The van der Waals surface area contributed by atoms with Crippen LogP contribution in [0.15, 0.2) is 12.1 Å². The molecule has 2 rings (SSSR count). The zero-order valence-corrected chi connectivity index (χ0v) is 11.8. The van der Waals surface area contributed by atoms with E-state index in [2.05, 4.69) is 24.5 Å². The van der Waals surface area contributed by atoms with Gasteiger partial charge in [0.15, 0.2) is 0 Å². The third-order valence-electron chi connectivity index (χ3n) is 2.99. The van der Waals surface area contributed by atoms with Gasteiger partial charge in [0.05, 0.1) is 18.8 Å². The summed E-state index contributed by atoms with van der Waals surface area (Å²) in [6.45, 7) is 3.04. The minimum Gasteiger partial charge on any atom is -0.375 e. The van der Waals surface area contributed by atoms with Gasteiger partial charge in [0, 0.05) is 27.7 Å². The first-order chi connectivity index (χ1) is 8.33. The van der Waals surface area contributed by atoms with E-state index in [4.69, 9.17) is 10.6 Å². The smallest absolute Gasteiger partial charge is 0.0835 e. The van der Waals surface area contributed by atoms with E-state index < -0.39 is 0 Å². The molecule has 3 N–H and O–H groups in total. The van der Waals surface area contributed by atoms with E-state index in [1.165, 1.54) is 9.75 Å². The van der Waals surface area contributed by atoms with E-state index in [0.717, 1.165) is 31.0 Å². The lowest BCUT2D eigenvalue weighted by atomic mass is 10.1. The summed E-state index contributed by atoms with van der Waals surface area (Å²) in [6, 6.07) is 4.65. The third-order valence-corrected chi connectivity index (χ3v) is 5.26. The molecule has 0 aliphatic carbocycles.